The Labute approximate surface area is 119 Å². The van der Waals surface area contributed by atoms with E-state index in [4.69, 9.17) is 4.84 Å². The molecule has 3 heteroatoms. The molecular weight excluding hydrogens is 250 g/mol. The Kier molecular flexibility index (Phi) is 5.33. The maximum absolute atomic E-state index is 11.9. The standard InChI is InChI=1S/C17H19NO2/c1-2-20-18-17(19)13-16(14-9-5-3-6-10-14)15-11-7-4-8-12-15/h3-12,16H,2,13H2,1H3,(H,18,19). The first kappa shape index (κ1) is 14.3. The third-order valence-electron chi connectivity index (χ3n) is 3.12. The molecule has 1 N–H and O–H groups in total. The van der Waals surface area contributed by atoms with Crippen molar-refractivity contribution >= 4 is 5.91 Å². The summed E-state index contributed by atoms with van der Waals surface area (Å²) in [7, 11) is 0. The number of hydrogen-bond donors (Lipinski definition) is 1. The van der Waals surface area contributed by atoms with Crippen LogP contribution in [0.4, 0.5) is 0 Å². The van der Waals surface area contributed by atoms with Gasteiger partial charge < -0.3 is 0 Å². The second-order valence-corrected chi connectivity index (χ2v) is 4.54. The van der Waals surface area contributed by atoms with E-state index in [0.717, 1.165) is 11.1 Å². The van der Waals surface area contributed by atoms with Crippen molar-refractivity contribution in [3.8, 4) is 0 Å². The molecule has 2 aromatic rings. The van der Waals surface area contributed by atoms with Crippen LogP contribution < -0.4 is 5.48 Å². The minimum atomic E-state index is -0.107. The average Bonchev–Trinajstić information content (AvgIpc) is 2.52. The van der Waals surface area contributed by atoms with Gasteiger partial charge in [0, 0.05) is 12.3 Å². The number of carbonyl (C=O) groups is 1. The lowest BCUT2D eigenvalue weighted by Crippen LogP contribution is -2.25. The molecule has 0 aliphatic rings. The zero-order valence-corrected chi connectivity index (χ0v) is 11.6. The average molecular weight is 269 g/mol. The van der Waals surface area contributed by atoms with Gasteiger partial charge in [-0.1, -0.05) is 60.7 Å². The summed E-state index contributed by atoms with van der Waals surface area (Å²) in [4.78, 5) is 16.9. The summed E-state index contributed by atoms with van der Waals surface area (Å²) >= 11 is 0. The van der Waals surface area contributed by atoms with Gasteiger partial charge in [0.2, 0.25) is 5.91 Å². The molecule has 0 fully saturated rings. The first-order chi connectivity index (χ1) is 9.81. The third kappa shape index (κ3) is 3.93. The van der Waals surface area contributed by atoms with Crippen LogP contribution in [0, 0.1) is 0 Å². The number of rotatable bonds is 6. The van der Waals surface area contributed by atoms with Crippen molar-refractivity contribution in [2.24, 2.45) is 0 Å². The predicted molar refractivity (Wildman–Crippen MR) is 79.1 cm³/mol. The van der Waals surface area contributed by atoms with Crippen LogP contribution in [0.3, 0.4) is 0 Å². The summed E-state index contributed by atoms with van der Waals surface area (Å²) in [5.41, 5.74) is 4.72. The largest absolute Gasteiger partial charge is 0.274 e. The Morgan fingerprint density at radius 2 is 1.50 bits per heavy atom. The van der Waals surface area contributed by atoms with Crippen molar-refractivity contribution in [2.75, 3.05) is 6.61 Å². The van der Waals surface area contributed by atoms with Crippen molar-refractivity contribution < 1.29 is 9.63 Å². The Morgan fingerprint density at radius 3 is 1.95 bits per heavy atom. The van der Waals surface area contributed by atoms with Crippen LogP contribution in [0.1, 0.15) is 30.4 Å². The second-order valence-electron chi connectivity index (χ2n) is 4.54. The molecule has 0 radical (unpaired) electrons. The van der Waals surface area contributed by atoms with Crippen LogP contribution in [-0.2, 0) is 9.63 Å². The molecule has 104 valence electrons. The highest BCUT2D eigenvalue weighted by atomic mass is 16.6. The Hall–Kier alpha value is -2.13. The fraction of sp³-hybridized carbons (Fsp3) is 0.235. The van der Waals surface area contributed by atoms with Gasteiger partial charge in [0.1, 0.15) is 0 Å². The molecule has 0 spiro atoms. The zero-order chi connectivity index (χ0) is 14.2. The van der Waals surface area contributed by atoms with E-state index >= 15 is 0 Å². The highest BCUT2D eigenvalue weighted by Gasteiger charge is 2.17. The van der Waals surface area contributed by atoms with Crippen molar-refractivity contribution in [2.45, 2.75) is 19.3 Å². The smallest absolute Gasteiger partial charge is 0.244 e. The molecular formula is C17H19NO2. The molecule has 0 saturated carbocycles. The van der Waals surface area contributed by atoms with Gasteiger partial charge in [-0.2, -0.15) is 0 Å². The van der Waals surface area contributed by atoms with Crippen LogP contribution >= 0.6 is 0 Å². The van der Waals surface area contributed by atoms with E-state index in [0.29, 0.717) is 13.0 Å². The maximum atomic E-state index is 11.9. The van der Waals surface area contributed by atoms with Gasteiger partial charge in [-0.25, -0.2) is 5.48 Å². The Bertz CT molecular complexity index is 486. The van der Waals surface area contributed by atoms with Crippen molar-refractivity contribution in [3.63, 3.8) is 0 Å². The molecule has 1 amide bonds. The van der Waals surface area contributed by atoms with E-state index in [-0.39, 0.29) is 11.8 Å². The SMILES string of the molecule is CCONC(=O)CC(c1ccccc1)c1ccccc1. The third-order valence-corrected chi connectivity index (χ3v) is 3.12. The first-order valence-electron chi connectivity index (χ1n) is 6.81. The van der Waals surface area contributed by atoms with Crippen LogP contribution in [0.5, 0.6) is 0 Å². The number of benzene rings is 2. The van der Waals surface area contributed by atoms with Gasteiger partial charge in [-0.05, 0) is 18.1 Å². The minimum Gasteiger partial charge on any atom is -0.274 e. The van der Waals surface area contributed by atoms with Crippen LogP contribution in [0.15, 0.2) is 60.7 Å². The topological polar surface area (TPSA) is 38.3 Å². The minimum absolute atomic E-state index is 0.0397. The molecule has 0 atom stereocenters. The molecule has 3 nitrogen and oxygen atoms in total. The molecule has 0 saturated heterocycles. The van der Waals surface area contributed by atoms with Gasteiger partial charge in [0.15, 0.2) is 0 Å². The number of carbonyl (C=O) groups excluding carboxylic acids is 1. The summed E-state index contributed by atoms with van der Waals surface area (Å²) in [5, 5.41) is 0. The van der Waals surface area contributed by atoms with E-state index in [2.05, 4.69) is 5.48 Å². The van der Waals surface area contributed by atoms with Gasteiger partial charge in [0.05, 0.1) is 6.61 Å². The molecule has 0 unspecified atom stereocenters. The van der Waals surface area contributed by atoms with Gasteiger partial charge in [-0.3, -0.25) is 9.63 Å². The molecule has 0 aliphatic heterocycles. The molecule has 0 aliphatic carbocycles. The van der Waals surface area contributed by atoms with Crippen LogP contribution in [0.2, 0.25) is 0 Å². The quantitative estimate of drug-likeness (QED) is 0.817. The summed E-state index contributed by atoms with van der Waals surface area (Å²) in [6, 6.07) is 20.1. The molecule has 20 heavy (non-hydrogen) atoms. The fourth-order valence-electron chi connectivity index (χ4n) is 2.18. The van der Waals surface area contributed by atoms with E-state index in [1.165, 1.54) is 0 Å². The predicted octanol–water partition coefficient (Wildman–Crippen LogP) is 3.28. The summed E-state index contributed by atoms with van der Waals surface area (Å²) in [5.74, 6) is -0.0672. The normalized spacial score (nSPS) is 10.5. The Morgan fingerprint density at radius 1 is 1.00 bits per heavy atom. The zero-order valence-electron chi connectivity index (χ0n) is 11.6. The lowest BCUT2D eigenvalue weighted by atomic mass is 9.88. The monoisotopic (exact) mass is 269 g/mol. The van der Waals surface area contributed by atoms with Gasteiger partial charge >= 0.3 is 0 Å². The number of hydrogen-bond acceptors (Lipinski definition) is 2. The summed E-state index contributed by atoms with van der Waals surface area (Å²) in [6.45, 7) is 2.30. The van der Waals surface area contributed by atoms with Crippen molar-refractivity contribution in [1.29, 1.82) is 0 Å². The lowest BCUT2D eigenvalue weighted by Gasteiger charge is -2.17. The van der Waals surface area contributed by atoms with Crippen LogP contribution in [0.25, 0.3) is 0 Å². The molecule has 2 rings (SSSR count). The number of amides is 1. The lowest BCUT2D eigenvalue weighted by molar-refractivity contribution is -0.133. The van der Waals surface area contributed by atoms with Gasteiger partial charge in [-0.15, -0.1) is 0 Å². The van der Waals surface area contributed by atoms with Gasteiger partial charge in [0.25, 0.3) is 0 Å². The van der Waals surface area contributed by atoms with Crippen molar-refractivity contribution in [3.05, 3.63) is 71.8 Å². The number of hydroxylamine groups is 1. The van der Waals surface area contributed by atoms with Crippen molar-refractivity contribution in [1.82, 2.24) is 5.48 Å². The summed E-state index contributed by atoms with van der Waals surface area (Å²) < 4.78 is 0. The second kappa shape index (κ2) is 7.46. The van der Waals surface area contributed by atoms with E-state index in [1.54, 1.807) is 0 Å². The highest BCUT2D eigenvalue weighted by Crippen LogP contribution is 2.27. The van der Waals surface area contributed by atoms with E-state index in [9.17, 15) is 4.79 Å². The van der Waals surface area contributed by atoms with E-state index in [1.807, 2.05) is 67.6 Å². The Balaban J connectivity index is 2.19. The number of nitrogens with one attached hydrogen (secondary N) is 1. The van der Waals surface area contributed by atoms with E-state index < -0.39 is 0 Å². The highest BCUT2D eigenvalue weighted by molar-refractivity contribution is 5.76. The molecule has 0 heterocycles. The van der Waals surface area contributed by atoms with Crippen LogP contribution in [-0.4, -0.2) is 12.5 Å². The molecule has 0 bridgehead atoms. The maximum Gasteiger partial charge on any atom is 0.244 e. The fourth-order valence-corrected chi connectivity index (χ4v) is 2.18. The first-order valence-corrected chi connectivity index (χ1v) is 6.81. The molecule has 2 aromatic carbocycles. The molecule has 0 aromatic heterocycles. The summed E-state index contributed by atoms with van der Waals surface area (Å²) in [6.07, 6.45) is 0.369.